The molecule has 64 valence electrons. The van der Waals surface area contributed by atoms with Crippen molar-refractivity contribution in [2.24, 2.45) is 5.92 Å². The van der Waals surface area contributed by atoms with Crippen LogP contribution in [0, 0.1) is 5.92 Å². The second-order valence-corrected chi connectivity index (χ2v) is 3.94. The smallest absolute Gasteiger partial charge is 0.0586 e. The fourth-order valence-corrected chi connectivity index (χ4v) is 2.70. The standard InChI is InChI=1S/C9H17NO/c1-7-8-2-3-9(6-11)10(7)5-4-8/h7-9,11H,2-6H2,1H3/t7?,8?,9-/m1/s1. The van der Waals surface area contributed by atoms with Crippen molar-refractivity contribution < 1.29 is 5.11 Å². The molecule has 2 fully saturated rings. The van der Waals surface area contributed by atoms with Crippen LogP contribution in [0.15, 0.2) is 0 Å². The van der Waals surface area contributed by atoms with Gasteiger partial charge in [-0.05, 0) is 38.6 Å². The van der Waals surface area contributed by atoms with Crippen LogP contribution in [0.5, 0.6) is 0 Å². The summed E-state index contributed by atoms with van der Waals surface area (Å²) in [7, 11) is 0. The van der Waals surface area contributed by atoms with E-state index in [9.17, 15) is 0 Å². The molecule has 0 saturated carbocycles. The number of aliphatic hydroxyl groups excluding tert-OH is 1. The first-order chi connectivity index (χ1) is 5.33. The molecule has 0 aromatic carbocycles. The van der Waals surface area contributed by atoms with Gasteiger partial charge in [-0.25, -0.2) is 0 Å². The molecule has 2 rings (SSSR count). The van der Waals surface area contributed by atoms with E-state index in [0.717, 1.165) is 12.0 Å². The van der Waals surface area contributed by atoms with Crippen LogP contribution in [0.25, 0.3) is 0 Å². The summed E-state index contributed by atoms with van der Waals surface area (Å²) in [5, 5.41) is 9.09. The Hall–Kier alpha value is -0.0800. The summed E-state index contributed by atoms with van der Waals surface area (Å²) in [5.74, 6) is 0.929. The fraction of sp³-hybridized carbons (Fsp3) is 1.00. The minimum atomic E-state index is 0.358. The van der Waals surface area contributed by atoms with E-state index in [1.165, 1.54) is 25.8 Å². The van der Waals surface area contributed by atoms with Crippen molar-refractivity contribution in [3.05, 3.63) is 0 Å². The predicted octanol–water partition coefficient (Wildman–Crippen LogP) is 0.851. The van der Waals surface area contributed by atoms with E-state index in [1.807, 2.05) is 0 Å². The second kappa shape index (κ2) is 2.76. The molecule has 11 heavy (non-hydrogen) atoms. The summed E-state index contributed by atoms with van der Waals surface area (Å²) in [4.78, 5) is 2.48. The Labute approximate surface area is 68.2 Å². The number of hydrogen-bond donors (Lipinski definition) is 1. The van der Waals surface area contributed by atoms with Crippen molar-refractivity contribution in [3.8, 4) is 0 Å². The Morgan fingerprint density at radius 2 is 2.18 bits per heavy atom. The average molecular weight is 155 g/mol. The van der Waals surface area contributed by atoms with Gasteiger partial charge in [0.2, 0.25) is 0 Å². The third-order valence-electron chi connectivity index (χ3n) is 3.51. The molecule has 2 aliphatic heterocycles. The van der Waals surface area contributed by atoms with E-state index in [4.69, 9.17) is 5.11 Å². The van der Waals surface area contributed by atoms with E-state index < -0.39 is 0 Å². The number of piperidine rings is 1. The van der Waals surface area contributed by atoms with Crippen molar-refractivity contribution in [2.75, 3.05) is 13.2 Å². The summed E-state index contributed by atoms with van der Waals surface area (Å²) >= 11 is 0. The van der Waals surface area contributed by atoms with Crippen molar-refractivity contribution in [3.63, 3.8) is 0 Å². The van der Waals surface area contributed by atoms with Crippen LogP contribution in [-0.2, 0) is 0 Å². The SMILES string of the molecule is CC1C2CC[C@H](CO)N1CC2. The van der Waals surface area contributed by atoms with E-state index in [0.29, 0.717) is 12.6 Å². The molecule has 0 aliphatic carbocycles. The van der Waals surface area contributed by atoms with Crippen LogP contribution in [-0.4, -0.2) is 35.2 Å². The number of rotatable bonds is 1. The van der Waals surface area contributed by atoms with Gasteiger partial charge in [-0.2, -0.15) is 0 Å². The lowest BCUT2D eigenvalue weighted by Crippen LogP contribution is -2.44. The second-order valence-electron chi connectivity index (χ2n) is 3.94. The zero-order valence-corrected chi connectivity index (χ0v) is 7.16. The molecule has 0 spiro atoms. The fourth-order valence-electron chi connectivity index (χ4n) is 2.70. The van der Waals surface area contributed by atoms with Gasteiger partial charge in [-0.15, -0.1) is 0 Å². The van der Waals surface area contributed by atoms with Gasteiger partial charge in [0.15, 0.2) is 0 Å². The summed E-state index contributed by atoms with van der Waals surface area (Å²) in [6, 6.07) is 1.21. The largest absolute Gasteiger partial charge is 0.395 e. The first kappa shape index (κ1) is 7.56. The monoisotopic (exact) mass is 155 g/mol. The van der Waals surface area contributed by atoms with Gasteiger partial charge in [0, 0.05) is 12.1 Å². The Bertz CT molecular complexity index is 148. The Morgan fingerprint density at radius 1 is 1.36 bits per heavy atom. The molecule has 0 aromatic heterocycles. The van der Waals surface area contributed by atoms with Gasteiger partial charge in [0.05, 0.1) is 6.61 Å². The minimum absolute atomic E-state index is 0.358. The molecule has 2 aliphatic rings. The lowest BCUT2D eigenvalue weighted by atomic mass is 9.90. The maximum Gasteiger partial charge on any atom is 0.0586 e. The molecule has 3 unspecified atom stereocenters. The molecule has 0 amide bonds. The predicted molar refractivity (Wildman–Crippen MR) is 44.4 cm³/mol. The van der Waals surface area contributed by atoms with Crippen LogP contribution < -0.4 is 0 Å². The molecule has 1 N–H and O–H groups in total. The highest BCUT2D eigenvalue weighted by Crippen LogP contribution is 2.35. The van der Waals surface area contributed by atoms with Crippen molar-refractivity contribution in [1.29, 1.82) is 0 Å². The normalized spacial score (nSPS) is 49.6. The lowest BCUT2D eigenvalue weighted by Gasteiger charge is -2.36. The maximum atomic E-state index is 9.09. The van der Waals surface area contributed by atoms with Crippen molar-refractivity contribution in [2.45, 2.75) is 38.3 Å². The summed E-state index contributed by atoms with van der Waals surface area (Å²) in [6.07, 6.45) is 3.91. The highest BCUT2D eigenvalue weighted by molar-refractivity contribution is 4.93. The van der Waals surface area contributed by atoms with E-state index in [2.05, 4.69) is 11.8 Å². The molecule has 2 heterocycles. The average Bonchev–Trinajstić information content (AvgIpc) is 2.31. The molecular formula is C9H17NO. The van der Waals surface area contributed by atoms with E-state index in [1.54, 1.807) is 0 Å². The molecule has 2 heteroatoms. The van der Waals surface area contributed by atoms with Gasteiger partial charge in [-0.3, -0.25) is 4.90 Å². The first-order valence-electron chi connectivity index (χ1n) is 4.69. The first-order valence-corrected chi connectivity index (χ1v) is 4.69. The molecular weight excluding hydrogens is 138 g/mol. The van der Waals surface area contributed by atoms with E-state index in [-0.39, 0.29) is 0 Å². The zero-order chi connectivity index (χ0) is 7.84. The van der Waals surface area contributed by atoms with Crippen LogP contribution in [0.4, 0.5) is 0 Å². The minimum Gasteiger partial charge on any atom is -0.395 e. The quantitative estimate of drug-likeness (QED) is 0.607. The van der Waals surface area contributed by atoms with Gasteiger partial charge >= 0.3 is 0 Å². The number of hydrogen-bond acceptors (Lipinski definition) is 2. The van der Waals surface area contributed by atoms with Crippen molar-refractivity contribution in [1.82, 2.24) is 4.90 Å². The van der Waals surface area contributed by atoms with Gasteiger partial charge in [0.1, 0.15) is 0 Å². The number of fused-ring (bicyclic) bond motifs is 2. The van der Waals surface area contributed by atoms with E-state index >= 15 is 0 Å². The van der Waals surface area contributed by atoms with Gasteiger partial charge in [-0.1, -0.05) is 0 Å². The molecule has 4 atom stereocenters. The Morgan fingerprint density at radius 3 is 2.91 bits per heavy atom. The Kier molecular flexibility index (Phi) is 1.90. The van der Waals surface area contributed by atoms with Gasteiger partial charge < -0.3 is 5.11 Å². The Balaban J connectivity index is 2.08. The third-order valence-corrected chi connectivity index (χ3v) is 3.51. The topological polar surface area (TPSA) is 23.5 Å². The van der Waals surface area contributed by atoms with Crippen LogP contribution >= 0.6 is 0 Å². The maximum absolute atomic E-state index is 9.09. The zero-order valence-electron chi connectivity index (χ0n) is 7.16. The summed E-state index contributed by atoms with van der Waals surface area (Å²) in [5.41, 5.74) is 0. The van der Waals surface area contributed by atoms with Crippen molar-refractivity contribution >= 4 is 0 Å². The third kappa shape index (κ3) is 1.09. The molecule has 0 radical (unpaired) electrons. The van der Waals surface area contributed by atoms with Crippen LogP contribution in [0.3, 0.4) is 0 Å². The number of aliphatic hydroxyl groups is 1. The lowest BCUT2D eigenvalue weighted by molar-refractivity contribution is 0.0721. The summed E-state index contributed by atoms with van der Waals surface area (Å²) in [6.45, 7) is 3.88. The highest BCUT2D eigenvalue weighted by atomic mass is 16.3. The highest BCUT2D eigenvalue weighted by Gasteiger charge is 2.38. The molecule has 2 bridgehead atoms. The van der Waals surface area contributed by atoms with Crippen LogP contribution in [0.1, 0.15) is 26.2 Å². The molecule has 0 aromatic rings. The molecule has 2 saturated heterocycles. The molecule has 2 nitrogen and oxygen atoms in total. The number of nitrogens with zero attached hydrogens (tertiary/aromatic N) is 1. The summed E-state index contributed by atoms with van der Waals surface area (Å²) < 4.78 is 0. The van der Waals surface area contributed by atoms with Crippen LogP contribution in [0.2, 0.25) is 0 Å². The van der Waals surface area contributed by atoms with Gasteiger partial charge in [0.25, 0.3) is 0 Å².